The standard InChI is InChI=1S/C20H28O4/c1-2-3-4-5-6-7-8-9-10-13-16-24-20(23)18-15-12-11-14-17(18)19(21)22/h8-9,11-12,14-15H,2-7,10,13,16H2,1H3,(H,21,22)/b9-8+. The van der Waals surface area contributed by atoms with E-state index >= 15 is 0 Å². The number of carboxylic acids is 1. The Hall–Kier alpha value is -2.10. The van der Waals surface area contributed by atoms with Crippen LogP contribution in [0.2, 0.25) is 0 Å². The summed E-state index contributed by atoms with van der Waals surface area (Å²) in [7, 11) is 0. The van der Waals surface area contributed by atoms with E-state index in [4.69, 9.17) is 9.84 Å². The van der Waals surface area contributed by atoms with Gasteiger partial charge in [0.05, 0.1) is 17.7 Å². The molecule has 4 nitrogen and oxygen atoms in total. The Balaban J connectivity index is 2.17. The van der Waals surface area contributed by atoms with Gasteiger partial charge in [-0.3, -0.25) is 0 Å². The van der Waals surface area contributed by atoms with Gasteiger partial charge in [-0.15, -0.1) is 0 Å². The number of hydrogen-bond acceptors (Lipinski definition) is 3. The number of allylic oxidation sites excluding steroid dienone is 2. The van der Waals surface area contributed by atoms with Gasteiger partial charge in [0.25, 0.3) is 0 Å². The topological polar surface area (TPSA) is 63.6 Å². The Morgan fingerprint density at radius 3 is 2.25 bits per heavy atom. The van der Waals surface area contributed by atoms with Gasteiger partial charge >= 0.3 is 11.9 Å². The Kier molecular flexibility index (Phi) is 10.3. The minimum atomic E-state index is -1.12. The summed E-state index contributed by atoms with van der Waals surface area (Å²) in [5.74, 6) is -1.70. The average Bonchev–Trinajstić information content (AvgIpc) is 2.59. The van der Waals surface area contributed by atoms with E-state index in [9.17, 15) is 9.59 Å². The third-order valence-corrected chi connectivity index (χ3v) is 3.77. The van der Waals surface area contributed by atoms with Crippen LogP contribution in [0, 0.1) is 0 Å². The highest BCUT2D eigenvalue weighted by Gasteiger charge is 2.16. The van der Waals surface area contributed by atoms with E-state index in [2.05, 4.69) is 19.1 Å². The number of carbonyl (C=O) groups is 2. The van der Waals surface area contributed by atoms with Crippen molar-refractivity contribution in [2.45, 2.75) is 58.3 Å². The fraction of sp³-hybridized carbons (Fsp3) is 0.500. The third-order valence-electron chi connectivity index (χ3n) is 3.77. The molecule has 1 N–H and O–H groups in total. The fourth-order valence-corrected chi connectivity index (χ4v) is 2.39. The van der Waals surface area contributed by atoms with Crippen LogP contribution < -0.4 is 0 Å². The van der Waals surface area contributed by atoms with Crippen LogP contribution in [0.15, 0.2) is 36.4 Å². The molecule has 0 fully saturated rings. The van der Waals surface area contributed by atoms with Crippen molar-refractivity contribution in [2.24, 2.45) is 0 Å². The smallest absolute Gasteiger partial charge is 0.339 e. The lowest BCUT2D eigenvalue weighted by Crippen LogP contribution is -2.12. The SMILES string of the molecule is CCCCCCC/C=C/CCCOC(=O)c1ccccc1C(=O)O. The Morgan fingerprint density at radius 2 is 1.58 bits per heavy atom. The molecule has 132 valence electrons. The van der Waals surface area contributed by atoms with Gasteiger partial charge in [0.15, 0.2) is 0 Å². The first kappa shape index (κ1) is 19.9. The van der Waals surface area contributed by atoms with E-state index in [1.165, 1.54) is 44.2 Å². The van der Waals surface area contributed by atoms with Gasteiger partial charge in [-0.1, -0.05) is 56.9 Å². The molecule has 0 radical (unpaired) electrons. The van der Waals surface area contributed by atoms with Crippen LogP contribution in [0.4, 0.5) is 0 Å². The molecule has 0 aliphatic rings. The molecule has 0 amide bonds. The summed E-state index contributed by atoms with van der Waals surface area (Å²) in [5, 5.41) is 9.06. The summed E-state index contributed by atoms with van der Waals surface area (Å²) >= 11 is 0. The van der Waals surface area contributed by atoms with Crippen LogP contribution in [0.1, 0.15) is 79.0 Å². The molecule has 0 aliphatic heterocycles. The molecule has 0 saturated carbocycles. The maximum Gasteiger partial charge on any atom is 0.339 e. The molecule has 0 saturated heterocycles. The first-order valence-corrected chi connectivity index (χ1v) is 8.81. The quantitative estimate of drug-likeness (QED) is 0.323. The van der Waals surface area contributed by atoms with Crippen LogP contribution in [0.3, 0.4) is 0 Å². The summed E-state index contributed by atoms with van der Waals surface area (Å²) in [6, 6.07) is 6.10. The zero-order valence-electron chi connectivity index (χ0n) is 14.5. The summed E-state index contributed by atoms with van der Waals surface area (Å²) in [5.41, 5.74) is 0.0816. The monoisotopic (exact) mass is 332 g/mol. The second kappa shape index (κ2) is 12.3. The summed E-state index contributed by atoms with van der Waals surface area (Å²) in [4.78, 5) is 23.0. The number of rotatable bonds is 12. The lowest BCUT2D eigenvalue weighted by atomic mass is 10.1. The predicted molar refractivity (Wildman–Crippen MR) is 95.4 cm³/mol. The Morgan fingerprint density at radius 1 is 0.958 bits per heavy atom. The third kappa shape index (κ3) is 7.95. The number of carboxylic acid groups (broad SMARTS) is 1. The van der Waals surface area contributed by atoms with E-state index in [0.717, 1.165) is 19.3 Å². The van der Waals surface area contributed by atoms with Crippen molar-refractivity contribution >= 4 is 11.9 Å². The van der Waals surface area contributed by atoms with Crippen LogP contribution in [-0.4, -0.2) is 23.7 Å². The molecular weight excluding hydrogens is 304 g/mol. The van der Waals surface area contributed by atoms with Crippen molar-refractivity contribution < 1.29 is 19.4 Å². The fourth-order valence-electron chi connectivity index (χ4n) is 2.39. The number of hydrogen-bond donors (Lipinski definition) is 1. The molecule has 0 aliphatic carbocycles. The molecule has 0 bridgehead atoms. The van der Waals surface area contributed by atoms with E-state index in [-0.39, 0.29) is 11.1 Å². The number of aromatic carboxylic acids is 1. The van der Waals surface area contributed by atoms with E-state index in [1.54, 1.807) is 12.1 Å². The lowest BCUT2D eigenvalue weighted by molar-refractivity contribution is 0.0491. The number of carbonyl (C=O) groups excluding carboxylic acids is 1. The molecule has 0 aromatic heterocycles. The molecule has 4 heteroatoms. The van der Waals surface area contributed by atoms with Gasteiger partial charge in [-0.25, -0.2) is 9.59 Å². The van der Waals surface area contributed by atoms with Gasteiger partial charge in [0.2, 0.25) is 0 Å². The molecular formula is C20H28O4. The minimum Gasteiger partial charge on any atom is -0.478 e. The van der Waals surface area contributed by atoms with E-state index in [0.29, 0.717) is 6.61 Å². The average molecular weight is 332 g/mol. The molecule has 1 aromatic carbocycles. The van der Waals surface area contributed by atoms with Crippen molar-refractivity contribution in [3.8, 4) is 0 Å². The molecule has 24 heavy (non-hydrogen) atoms. The number of ether oxygens (including phenoxy) is 1. The number of unbranched alkanes of at least 4 members (excludes halogenated alkanes) is 6. The predicted octanol–water partition coefficient (Wildman–Crippen LogP) is 5.24. The molecule has 1 rings (SSSR count). The van der Waals surface area contributed by atoms with Gasteiger partial charge in [0.1, 0.15) is 0 Å². The van der Waals surface area contributed by atoms with Crippen LogP contribution >= 0.6 is 0 Å². The second-order valence-corrected chi connectivity index (χ2v) is 5.80. The highest BCUT2D eigenvalue weighted by atomic mass is 16.5. The number of esters is 1. The molecule has 0 heterocycles. The summed E-state index contributed by atoms with van der Waals surface area (Å²) in [6.07, 6.45) is 13.5. The zero-order valence-corrected chi connectivity index (χ0v) is 14.5. The second-order valence-electron chi connectivity index (χ2n) is 5.80. The van der Waals surface area contributed by atoms with Gasteiger partial charge in [-0.05, 0) is 37.8 Å². The lowest BCUT2D eigenvalue weighted by Gasteiger charge is -2.06. The Labute approximate surface area is 144 Å². The normalized spacial score (nSPS) is 10.9. The van der Waals surface area contributed by atoms with Crippen molar-refractivity contribution in [2.75, 3.05) is 6.61 Å². The van der Waals surface area contributed by atoms with Gasteiger partial charge in [-0.2, -0.15) is 0 Å². The maximum absolute atomic E-state index is 11.9. The van der Waals surface area contributed by atoms with E-state index < -0.39 is 11.9 Å². The van der Waals surface area contributed by atoms with Crippen molar-refractivity contribution in [1.82, 2.24) is 0 Å². The van der Waals surface area contributed by atoms with Gasteiger partial charge in [0, 0.05) is 0 Å². The highest BCUT2D eigenvalue weighted by Crippen LogP contribution is 2.11. The maximum atomic E-state index is 11.9. The highest BCUT2D eigenvalue weighted by molar-refractivity contribution is 6.02. The summed E-state index contributed by atoms with van der Waals surface area (Å²) in [6.45, 7) is 2.51. The molecule has 0 spiro atoms. The van der Waals surface area contributed by atoms with Crippen molar-refractivity contribution in [3.05, 3.63) is 47.5 Å². The van der Waals surface area contributed by atoms with Crippen molar-refractivity contribution in [3.63, 3.8) is 0 Å². The first-order valence-electron chi connectivity index (χ1n) is 8.81. The molecule has 0 atom stereocenters. The first-order chi connectivity index (χ1) is 11.7. The Bertz CT molecular complexity index is 534. The van der Waals surface area contributed by atoms with E-state index in [1.807, 2.05) is 0 Å². The van der Waals surface area contributed by atoms with Crippen LogP contribution in [0.25, 0.3) is 0 Å². The largest absolute Gasteiger partial charge is 0.478 e. The van der Waals surface area contributed by atoms with Crippen LogP contribution in [0.5, 0.6) is 0 Å². The van der Waals surface area contributed by atoms with Crippen LogP contribution in [-0.2, 0) is 4.74 Å². The number of benzene rings is 1. The molecule has 1 aromatic rings. The zero-order chi connectivity index (χ0) is 17.6. The summed E-state index contributed by atoms with van der Waals surface area (Å²) < 4.78 is 5.15. The molecule has 0 unspecified atom stereocenters. The minimum absolute atomic E-state index is 0.0227. The van der Waals surface area contributed by atoms with Gasteiger partial charge < -0.3 is 9.84 Å². The van der Waals surface area contributed by atoms with Crippen molar-refractivity contribution in [1.29, 1.82) is 0 Å².